The van der Waals surface area contributed by atoms with Gasteiger partial charge in [-0.2, -0.15) is 0 Å². The molecule has 0 spiro atoms. The highest BCUT2D eigenvalue weighted by Crippen LogP contribution is 2.32. The van der Waals surface area contributed by atoms with Crippen LogP contribution in [0.4, 0.5) is 0 Å². The van der Waals surface area contributed by atoms with E-state index in [2.05, 4.69) is 43.2 Å². The monoisotopic (exact) mass is 281 g/mol. The first-order valence-electron chi connectivity index (χ1n) is 8.70. The summed E-state index contributed by atoms with van der Waals surface area (Å²) in [5.41, 5.74) is 0. The second-order valence-electron chi connectivity index (χ2n) is 7.22. The minimum Gasteiger partial charge on any atom is -0.317 e. The Balaban J connectivity index is 1.85. The molecule has 0 aromatic rings. The van der Waals surface area contributed by atoms with Gasteiger partial charge in [0.1, 0.15) is 0 Å². The van der Waals surface area contributed by atoms with Gasteiger partial charge in [-0.15, -0.1) is 0 Å². The molecule has 0 bridgehead atoms. The summed E-state index contributed by atoms with van der Waals surface area (Å²) in [5.74, 6) is 1.82. The van der Waals surface area contributed by atoms with Crippen molar-refractivity contribution in [2.24, 2.45) is 11.8 Å². The molecule has 0 aromatic carbocycles. The van der Waals surface area contributed by atoms with E-state index >= 15 is 0 Å². The summed E-state index contributed by atoms with van der Waals surface area (Å²) >= 11 is 0. The second-order valence-corrected chi connectivity index (χ2v) is 7.22. The van der Waals surface area contributed by atoms with E-state index in [1.165, 1.54) is 58.2 Å². The summed E-state index contributed by atoms with van der Waals surface area (Å²) in [6, 6.07) is 1.55. The number of likely N-dealkylation sites (tertiary alicyclic amines) is 1. The molecule has 118 valence electrons. The third kappa shape index (κ3) is 4.19. The molecule has 3 atom stereocenters. The molecular formula is C17H35N3. The third-order valence-corrected chi connectivity index (χ3v) is 5.87. The number of hydrogen-bond donors (Lipinski definition) is 1. The van der Waals surface area contributed by atoms with Crippen LogP contribution in [0.3, 0.4) is 0 Å². The van der Waals surface area contributed by atoms with Crippen molar-refractivity contribution in [1.82, 2.24) is 15.1 Å². The van der Waals surface area contributed by atoms with Crippen molar-refractivity contribution in [2.75, 3.05) is 40.8 Å². The van der Waals surface area contributed by atoms with Crippen molar-refractivity contribution in [2.45, 2.75) is 57.5 Å². The van der Waals surface area contributed by atoms with E-state index < -0.39 is 0 Å². The first-order chi connectivity index (χ1) is 9.63. The van der Waals surface area contributed by atoms with Crippen LogP contribution in [0, 0.1) is 11.8 Å². The van der Waals surface area contributed by atoms with Crippen LogP contribution in [0.25, 0.3) is 0 Å². The number of piperidine rings is 1. The molecule has 1 heterocycles. The predicted octanol–water partition coefficient (Wildman–Crippen LogP) is 2.43. The largest absolute Gasteiger partial charge is 0.317 e. The Morgan fingerprint density at radius 2 is 1.85 bits per heavy atom. The molecule has 1 saturated carbocycles. The van der Waals surface area contributed by atoms with Gasteiger partial charge in [-0.3, -0.25) is 0 Å². The summed E-state index contributed by atoms with van der Waals surface area (Å²) in [7, 11) is 6.76. The standard InChI is InChI=1S/C17H35N3/c1-5-14-6-7-17(18-2)15(12-14)13-20(4)16-8-10-19(3)11-9-16/h14-18H,5-13H2,1-4H3. The van der Waals surface area contributed by atoms with Gasteiger partial charge in [-0.1, -0.05) is 13.3 Å². The lowest BCUT2D eigenvalue weighted by molar-refractivity contribution is 0.0975. The lowest BCUT2D eigenvalue weighted by atomic mass is 9.76. The van der Waals surface area contributed by atoms with E-state index in [1.54, 1.807) is 0 Å². The zero-order valence-corrected chi connectivity index (χ0v) is 14.1. The normalized spacial score (nSPS) is 33.8. The van der Waals surface area contributed by atoms with Crippen LogP contribution in [0.15, 0.2) is 0 Å². The lowest BCUT2D eigenvalue weighted by Gasteiger charge is -2.41. The molecule has 2 rings (SSSR count). The highest BCUT2D eigenvalue weighted by molar-refractivity contribution is 4.87. The maximum Gasteiger partial charge on any atom is 0.0117 e. The average Bonchev–Trinajstić information content (AvgIpc) is 2.47. The van der Waals surface area contributed by atoms with E-state index in [0.29, 0.717) is 0 Å². The molecule has 1 saturated heterocycles. The van der Waals surface area contributed by atoms with Crippen LogP contribution in [-0.2, 0) is 0 Å². The lowest BCUT2D eigenvalue weighted by Crippen LogP contribution is -2.48. The molecule has 3 nitrogen and oxygen atoms in total. The fourth-order valence-corrected chi connectivity index (χ4v) is 4.27. The second kappa shape index (κ2) is 7.77. The summed E-state index contributed by atoms with van der Waals surface area (Å²) in [4.78, 5) is 5.13. The average molecular weight is 281 g/mol. The summed E-state index contributed by atoms with van der Waals surface area (Å²) in [6.07, 6.45) is 8.30. The maximum absolute atomic E-state index is 3.58. The first kappa shape index (κ1) is 16.3. The van der Waals surface area contributed by atoms with E-state index in [4.69, 9.17) is 0 Å². The Bertz CT molecular complexity index is 273. The fraction of sp³-hybridized carbons (Fsp3) is 1.00. The Labute approximate surface area is 126 Å². The minimum atomic E-state index is 0.742. The molecule has 1 aliphatic carbocycles. The molecule has 3 unspecified atom stereocenters. The number of rotatable bonds is 5. The van der Waals surface area contributed by atoms with Gasteiger partial charge in [-0.05, 0) is 78.2 Å². The molecule has 1 aliphatic heterocycles. The van der Waals surface area contributed by atoms with Crippen LogP contribution in [-0.4, -0.2) is 62.7 Å². The Hall–Kier alpha value is -0.120. The molecule has 0 amide bonds. The molecule has 2 aliphatic rings. The summed E-state index contributed by atoms with van der Waals surface area (Å²) in [5, 5.41) is 3.58. The third-order valence-electron chi connectivity index (χ3n) is 5.87. The zero-order chi connectivity index (χ0) is 14.5. The number of nitrogens with one attached hydrogen (secondary N) is 1. The van der Waals surface area contributed by atoms with E-state index in [1.807, 2.05) is 0 Å². The van der Waals surface area contributed by atoms with E-state index in [0.717, 1.165) is 23.9 Å². The quantitative estimate of drug-likeness (QED) is 0.835. The molecule has 0 aromatic heterocycles. The van der Waals surface area contributed by atoms with E-state index in [9.17, 15) is 0 Å². The topological polar surface area (TPSA) is 18.5 Å². The van der Waals surface area contributed by atoms with Crippen LogP contribution in [0.1, 0.15) is 45.4 Å². The Kier molecular flexibility index (Phi) is 6.31. The van der Waals surface area contributed by atoms with Gasteiger partial charge < -0.3 is 15.1 Å². The number of nitrogens with zero attached hydrogens (tertiary/aromatic N) is 2. The van der Waals surface area contributed by atoms with Crippen LogP contribution >= 0.6 is 0 Å². The Morgan fingerprint density at radius 3 is 2.45 bits per heavy atom. The van der Waals surface area contributed by atoms with Gasteiger partial charge in [0.05, 0.1) is 0 Å². The van der Waals surface area contributed by atoms with Crippen molar-refractivity contribution in [1.29, 1.82) is 0 Å². The van der Waals surface area contributed by atoms with Gasteiger partial charge >= 0.3 is 0 Å². The van der Waals surface area contributed by atoms with Crippen molar-refractivity contribution in [3.63, 3.8) is 0 Å². The molecule has 1 N–H and O–H groups in total. The smallest absolute Gasteiger partial charge is 0.0117 e. The molecule has 20 heavy (non-hydrogen) atoms. The molecule has 3 heteroatoms. The van der Waals surface area contributed by atoms with Gasteiger partial charge in [-0.25, -0.2) is 0 Å². The van der Waals surface area contributed by atoms with Crippen LogP contribution < -0.4 is 5.32 Å². The van der Waals surface area contributed by atoms with Gasteiger partial charge in [0.25, 0.3) is 0 Å². The maximum atomic E-state index is 3.58. The van der Waals surface area contributed by atoms with Crippen molar-refractivity contribution in [3.05, 3.63) is 0 Å². The predicted molar refractivity (Wildman–Crippen MR) is 87.1 cm³/mol. The van der Waals surface area contributed by atoms with Crippen molar-refractivity contribution >= 4 is 0 Å². The highest BCUT2D eigenvalue weighted by atomic mass is 15.2. The fourth-order valence-electron chi connectivity index (χ4n) is 4.27. The minimum absolute atomic E-state index is 0.742. The Morgan fingerprint density at radius 1 is 1.15 bits per heavy atom. The van der Waals surface area contributed by atoms with Gasteiger partial charge in [0.2, 0.25) is 0 Å². The summed E-state index contributed by atoms with van der Waals surface area (Å²) < 4.78 is 0. The van der Waals surface area contributed by atoms with Gasteiger partial charge in [0, 0.05) is 18.6 Å². The molecule has 2 fully saturated rings. The molecular weight excluding hydrogens is 246 g/mol. The number of hydrogen-bond acceptors (Lipinski definition) is 3. The summed E-state index contributed by atoms with van der Waals surface area (Å²) in [6.45, 7) is 6.19. The van der Waals surface area contributed by atoms with E-state index in [-0.39, 0.29) is 0 Å². The first-order valence-corrected chi connectivity index (χ1v) is 8.70. The van der Waals surface area contributed by atoms with Crippen molar-refractivity contribution < 1.29 is 0 Å². The van der Waals surface area contributed by atoms with Gasteiger partial charge in [0.15, 0.2) is 0 Å². The van der Waals surface area contributed by atoms with Crippen molar-refractivity contribution in [3.8, 4) is 0 Å². The zero-order valence-electron chi connectivity index (χ0n) is 14.1. The molecule has 0 radical (unpaired) electrons. The SMILES string of the molecule is CCC1CCC(NC)C(CN(C)C2CCN(C)CC2)C1. The van der Waals surface area contributed by atoms with Crippen LogP contribution in [0.5, 0.6) is 0 Å². The highest BCUT2D eigenvalue weighted by Gasteiger charge is 2.31. The van der Waals surface area contributed by atoms with Crippen LogP contribution in [0.2, 0.25) is 0 Å².